The number of methoxy groups -OCH3 is 1. The van der Waals surface area contributed by atoms with Crippen LogP contribution in [0.2, 0.25) is 0 Å². The van der Waals surface area contributed by atoms with Gasteiger partial charge in [0.25, 0.3) is 0 Å². The first-order valence-electron chi connectivity index (χ1n) is 7.33. The summed E-state index contributed by atoms with van der Waals surface area (Å²) in [5.74, 6) is -1.22. The second-order valence-electron chi connectivity index (χ2n) is 4.99. The Morgan fingerprint density at radius 3 is 2.48 bits per heavy atom. The van der Waals surface area contributed by atoms with Gasteiger partial charge >= 0.3 is 5.97 Å². The SMILES string of the molecule is COC(=O)/C=C/CNC(=O)C(CNC(C)=O)Cc1ccccc1. The average molecular weight is 318 g/mol. The summed E-state index contributed by atoms with van der Waals surface area (Å²) in [6.07, 6.45) is 3.29. The second-order valence-corrected chi connectivity index (χ2v) is 4.99. The maximum absolute atomic E-state index is 12.3. The summed E-state index contributed by atoms with van der Waals surface area (Å²) >= 11 is 0. The molecule has 0 aliphatic heterocycles. The molecule has 0 saturated heterocycles. The number of ether oxygens (including phenoxy) is 1. The highest BCUT2D eigenvalue weighted by Crippen LogP contribution is 2.08. The maximum atomic E-state index is 12.3. The smallest absolute Gasteiger partial charge is 0.330 e. The third kappa shape index (κ3) is 7.80. The first-order chi connectivity index (χ1) is 11.0. The molecule has 2 N–H and O–H groups in total. The van der Waals surface area contributed by atoms with E-state index in [2.05, 4.69) is 15.4 Å². The molecule has 0 saturated carbocycles. The lowest BCUT2D eigenvalue weighted by Gasteiger charge is -2.16. The molecule has 1 aromatic carbocycles. The van der Waals surface area contributed by atoms with Crippen molar-refractivity contribution in [2.24, 2.45) is 5.92 Å². The first-order valence-corrected chi connectivity index (χ1v) is 7.33. The summed E-state index contributed by atoms with van der Waals surface area (Å²) in [5.41, 5.74) is 1.02. The predicted octanol–water partition coefficient (Wildman–Crippen LogP) is 0.827. The van der Waals surface area contributed by atoms with E-state index in [0.717, 1.165) is 5.56 Å². The molecule has 0 radical (unpaired) electrons. The van der Waals surface area contributed by atoms with Gasteiger partial charge in [0.05, 0.1) is 13.0 Å². The van der Waals surface area contributed by atoms with Crippen molar-refractivity contribution in [3.8, 4) is 0 Å². The van der Waals surface area contributed by atoms with Crippen LogP contribution in [0, 0.1) is 5.92 Å². The van der Waals surface area contributed by atoms with E-state index >= 15 is 0 Å². The van der Waals surface area contributed by atoms with Gasteiger partial charge in [-0.1, -0.05) is 36.4 Å². The molecule has 0 bridgehead atoms. The molecule has 1 aromatic rings. The number of benzene rings is 1. The van der Waals surface area contributed by atoms with Crippen LogP contribution in [0.1, 0.15) is 12.5 Å². The Balaban J connectivity index is 2.59. The molecule has 2 amide bonds. The molecule has 0 aliphatic rings. The van der Waals surface area contributed by atoms with Crippen LogP contribution in [0.4, 0.5) is 0 Å². The van der Waals surface area contributed by atoms with Gasteiger partial charge in [0.1, 0.15) is 0 Å². The Kier molecular flexibility index (Phi) is 8.13. The standard InChI is InChI=1S/C17H22N2O4/c1-13(20)19-12-15(11-14-7-4-3-5-8-14)17(22)18-10-6-9-16(21)23-2/h3-9,15H,10-12H2,1-2H3,(H,18,22)(H,19,20)/b9-6+. The summed E-state index contributed by atoms with van der Waals surface area (Å²) in [6.45, 7) is 1.90. The van der Waals surface area contributed by atoms with Crippen molar-refractivity contribution < 1.29 is 19.1 Å². The monoisotopic (exact) mass is 318 g/mol. The van der Waals surface area contributed by atoms with Gasteiger partial charge in [0.15, 0.2) is 0 Å². The minimum absolute atomic E-state index is 0.179. The fourth-order valence-electron chi connectivity index (χ4n) is 1.95. The van der Waals surface area contributed by atoms with Gasteiger partial charge in [-0.15, -0.1) is 0 Å². The minimum Gasteiger partial charge on any atom is -0.466 e. The van der Waals surface area contributed by atoms with Crippen LogP contribution < -0.4 is 10.6 Å². The van der Waals surface area contributed by atoms with Gasteiger partial charge in [-0.2, -0.15) is 0 Å². The van der Waals surface area contributed by atoms with E-state index in [1.807, 2.05) is 30.3 Å². The molecule has 6 heteroatoms. The fraction of sp³-hybridized carbons (Fsp3) is 0.353. The van der Waals surface area contributed by atoms with Crippen LogP contribution in [-0.2, 0) is 25.5 Å². The zero-order valence-corrected chi connectivity index (χ0v) is 13.4. The number of esters is 1. The lowest BCUT2D eigenvalue weighted by Crippen LogP contribution is -2.39. The van der Waals surface area contributed by atoms with Crippen LogP contribution in [0.3, 0.4) is 0 Å². The van der Waals surface area contributed by atoms with Crippen molar-refractivity contribution in [1.29, 1.82) is 0 Å². The molecule has 124 valence electrons. The first kappa shape index (κ1) is 18.4. The normalized spacial score (nSPS) is 11.7. The fourth-order valence-corrected chi connectivity index (χ4v) is 1.95. The van der Waals surface area contributed by atoms with E-state index in [4.69, 9.17) is 0 Å². The largest absolute Gasteiger partial charge is 0.466 e. The third-order valence-corrected chi connectivity index (χ3v) is 3.14. The van der Waals surface area contributed by atoms with E-state index in [-0.39, 0.29) is 30.8 Å². The van der Waals surface area contributed by atoms with Crippen molar-refractivity contribution >= 4 is 17.8 Å². The lowest BCUT2D eigenvalue weighted by atomic mass is 9.98. The van der Waals surface area contributed by atoms with E-state index in [1.54, 1.807) is 0 Å². The Morgan fingerprint density at radius 1 is 1.17 bits per heavy atom. The number of rotatable bonds is 8. The summed E-state index contributed by atoms with van der Waals surface area (Å²) in [4.78, 5) is 34.3. The summed E-state index contributed by atoms with van der Waals surface area (Å²) in [5, 5.41) is 5.39. The molecule has 1 unspecified atom stereocenters. The van der Waals surface area contributed by atoms with Gasteiger partial charge in [-0.25, -0.2) is 4.79 Å². The van der Waals surface area contributed by atoms with Crippen LogP contribution in [-0.4, -0.2) is 38.0 Å². The molecule has 0 heterocycles. The number of carbonyl (C=O) groups is 3. The summed E-state index contributed by atoms with van der Waals surface area (Å²) in [7, 11) is 1.29. The molecular weight excluding hydrogens is 296 g/mol. The van der Waals surface area contributed by atoms with E-state index in [1.165, 1.54) is 26.2 Å². The van der Waals surface area contributed by atoms with Crippen LogP contribution in [0.25, 0.3) is 0 Å². The molecule has 6 nitrogen and oxygen atoms in total. The second kappa shape index (κ2) is 10.2. The van der Waals surface area contributed by atoms with Gasteiger partial charge in [-0.3, -0.25) is 9.59 Å². The van der Waals surface area contributed by atoms with Crippen molar-refractivity contribution in [3.05, 3.63) is 48.0 Å². The van der Waals surface area contributed by atoms with Gasteiger partial charge < -0.3 is 15.4 Å². The predicted molar refractivity (Wildman–Crippen MR) is 86.5 cm³/mol. The molecule has 0 aliphatic carbocycles. The van der Waals surface area contributed by atoms with E-state index in [9.17, 15) is 14.4 Å². The van der Waals surface area contributed by atoms with Crippen molar-refractivity contribution in [2.75, 3.05) is 20.2 Å². The molecule has 0 aromatic heterocycles. The lowest BCUT2D eigenvalue weighted by molar-refractivity contribution is -0.135. The van der Waals surface area contributed by atoms with Crippen LogP contribution in [0.5, 0.6) is 0 Å². The molecular formula is C17H22N2O4. The molecule has 0 fully saturated rings. The summed E-state index contributed by atoms with van der Waals surface area (Å²) < 4.78 is 4.46. The highest BCUT2D eigenvalue weighted by atomic mass is 16.5. The zero-order valence-electron chi connectivity index (χ0n) is 13.4. The molecule has 1 rings (SSSR count). The van der Waals surface area contributed by atoms with Crippen LogP contribution >= 0.6 is 0 Å². The van der Waals surface area contributed by atoms with E-state index < -0.39 is 5.97 Å². The minimum atomic E-state index is -0.474. The Morgan fingerprint density at radius 2 is 1.87 bits per heavy atom. The number of carbonyl (C=O) groups excluding carboxylic acids is 3. The van der Waals surface area contributed by atoms with Crippen molar-refractivity contribution in [2.45, 2.75) is 13.3 Å². The maximum Gasteiger partial charge on any atom is 0.330 e. The number of hydrogen-bond acceptors (Lipinski definition) is 4. The number of hydrogen-bond donors (Lipinski definition) is 2. The Labute approximate surface area is 135 Å². The van der Waals surface area contributed by atoms with Gasteiger partial charge in [-0.05, 0) is 12.0 Å². The number of amides is 2. The highest BCUT2D eigenvalue weighted by molar-refractivity contribution is 5.82. The van der Waals surface area contributed by atoms with Gasteiger partial charge in [0.2, 0.25) is 11.8 Å². The number of nitrogens with one attached hydrogen (secondary N) is 2. The molecule has 0 spiro atoms. The molecule has 1 atom stereocenters. The third-order valence-electron chi connectivity index (χ3n) is 3.14. The van der Waals surface area contributed by atoms with Gasteiger partial charge in [0, 0.05) is 26.1 Å². The topological polar surface area (TPSA) is 84.5 Å². The average Bonchev–Trinajstić information content (AvgIpc) is 2.55. The van der Waals surface area contributed by atoms with E-state index in [0.29, 0.717) is 6.42 Å². The zero-order chi connectivity index (χ0) is 17.1. The van der Waals surface area contributed by atoms with Crippen LogP contribution in [0.15, 0.2) is 42.5 Å². The summed E-state index contributed by atoms with van der Waals surface area (Å²) in [6, 6.07) is 9.59. The Hall–Kier alpha value is -2.63. The van der Waals surface area contributed by atoms with Crippen molar-refractivity contribution in [1.82, 2.24) is 10.6 Å². The Bertz CT molecular complexity index is 555. The molecule has 23 heavy (non-hydrogen) atoms. The quantitative estimate of drug-likeness (QED) is 0.549. The van der Waals surface area contributed by atoms with Crippen molar-refractivity contribution in [3.63, 3.8) is 0 Å². The highest BCUT2D eigenvalue weighted by Gasteiger charge is 2.18.